The molecule has 72 valence electrons. The Morgan fingerprint density at radius 1 is 1.46 bits per heavy atom. The minimum atomic E-state index is -0.218. The summed E-state index contributed by atoms with van der Waals surface area (Å²) in [5, 5.41) is 2.44. The van der Waals surface area contributed by atoms with Crippen LogP contribution in [0.15, 0.2) is 10.1 Å². The van der Waals surface area contributed by atoms with Gasteiger partial charge in [0.25, 0.3) is 0 Å². The van der Waals surface area contributed by atoms with E-state index in [4.69, 9.17) is 0 Å². The highest BCUT2D eigenvalue weighted by Crippen LogP contribution is 2.31. The van der Waals surface area contributed by atoms with E-state index in [1.807, 2.05) is 0 Å². The predicted molar refractivity (Wildman–Crippen MR) is 53.5 cm³/mol. The van der Waals surface area contributed by atoms with Crippen molar-refractivity contribution in [3.8, 4) is 0 Å². The van der Waals surface area contributed by atoms with Gasteiger partial charge in [0.15, 0.2) is 5.78 Å². The maximum atomic E-state index is 11.5. The Kier molecular flexibility index (Phi) is 3.66. The number of rotatable bonds is 3. The van der Waals surface area contributed by atoms with Gasteiger partial charge in [0, 0.05) is 17.1 Å². The molecule has 0 unspecified atom stereocenters. The number of hydrogen-bond donors (Lipinski definition) is 1. The molecule has 0 bridgehead atoms. The number of halogens is 1. The minimum absolute atomic E-state index is 0.0269. The van der Waals surface area contributed by atoms with E-state index in [9.17, 15) is 9.59 Å². The molecular weight excluding hydrogens is 234 g/mol. The number of Topliss-reactive ketones (excluding diaryl/α,β-unsaturated/α-hetero) is 1. The smallest absolute Gasteiger partial charge is 0.227 e. The molecule has 0 saturated carbocycles. The van der Waals surface area contributed by atoms with Crippen molar-refractivity contribution in [1.82, 2.24) is 5.32 Å². The highest BCUT2D eigenvalue weighted by Gasteiger charge is 2.20. The van der Waals surface area contributed by atoms with Gasteiger partial charge in [-0.2, -0.15) is 0 Å². The zero-order chi connectivity index (χ0) is 9.84. The third-order valence-electron chi connectivity index (χ3n) is 2.09. The molecule has 1 rings (SSSR count). The Morgan fingerprint density at radius 3 is 2.62 bits per heavy atom. The third kappa shape index (κ3) is 2.66. The van der Waals surface area contributed by atoms with Gasteiger partial charge in [-0.3, -0.25) is 9.59 Å². The van der Waals surface area contributed by atoms with E-state index in [2.05, 4.69) is 21.2 Å². The molecule has 0 radical (unpaired) electrons. The van der Waals surface area contributed by atoms with Gasteiger partial charge in [-0.05, 0) is 19.3 Å². The first-order chi connectivity index (χ1) is 6.15. The molecule has 0 heterocycles. The summed E-state index contributed by atoms with van der Waals surface area (Å²) >= 11 is 3.34. The molecule has 0 aromatic heterocycles. The molecule has 1 aliphatic carbocycles. The lowest BCUT2D eigenvalue weighted by Gasteiger charge is -2.01. The molecule has 0 aromatic carbocycles. The molecule has 0 aliphatic heterocycles. The van der Waals surface area contributed by atoms with Crippen LogP contribution in [0.3, 0.4) is 0 Å². The van der Waals surface area contributed by atoms with E-state index in [1.54, 1.807) is 0 Å². The predicted octanol–water partition coefficient (Wildman–Crippen LogP) is 1.52. The lowest BCUT2D eigenvalue weighted by molar-refractivity contribution is -0.126. The maximum absolute atomic E-state index is 11.5. The van der Waals surface area contributed by atoms with Gasteiger partial charge in [-0.1, -0.05) is 15.9 Å². The summed E-state index contributed by atoms with van der Waals surface area (Å²) in [6.45, 7) is 0. The van der Waals surface area contributed by atoms with Crippen LogP contribution < -0.4 is 5.32 Å². The second-order valence-electron chi connectivity index (χ2n) is 3.01. The fourth-order valence-electron chi connectivity index (χ4n) is 1.34. The number of ketones is 1. The Bertz CT molecular complexity index is 271. The van der Waals surface area contributed by atoms with Crippen molar-refractivity contribution < 1.29 is 9.59 Å². The van der Waals surface area contributed by atoms with Gasteiger partial charge >= 0.3 is 0 Å². The van der Waals surface area contributed by atoms with Crippen LogP contribution >= 0.6 is 15.9 Å². The lowest BCUT2D eigenvalue weighted by Crippen LogP contribution is -2.21. The molecule has 0 saturated heterocycles. The van der Waals surface area contributed by atoms with Crippen LogP contribution in [0.1, 0.15) is 25.7 Å². The van der Waals surface area contributed by atoms with Crippen LogP contribution in [-0.2, 0) is 9.59 Å². The van der Waals surface area contributed by atoms with E-state index in [0.29, 0.717) is 0 Å². The molecule has 0 spiro atoms. The number of hydrogen-bond acceptors (Lipinski definition) is 2. The molecule has 4 heteroatoms. The van der Waals surface area contributed by atoms with E-state index in [1.165, 1.54) is 7.05 Å². The highest BCUT2D eigenvalue weighted by molar-refractivity contribution is 9.11. The van der Waals surface area contributed by atoms with Crippen molar-refractivity contribution in [2.75, 3.05) is 7.05 Å². The first kappa shape index (κ1) is 10.4. The lowest BCUT2D eigenvalue weighted by atomic mass is 10.1. The van der Waals surface area contributed by atoms with Crippen molar-refractivity contribution in [3.05, 3.63) is 10.1 Å². The molecule has 1 aliphatic rings. The average molecular weight is 246 g/mol. The Labute approximate surface area is 85.7 Å². The Morgan fingerprint density at radius 2 is 2.15 bits per heavy atom. The topological polar surface area (TPSA) is 46.2 Å². The van der Waals surface area contributed by atoms with Gasteiger partial charge in [0.05, 0.1) is 6.42 Å². The average Bonchev–Trinajstić information content (AvgIpc) is 2.51. The summed E-state index contributed by atoms with van der Waals surface area (Å²) in [7, 11) is 1.54. The summed E-state index contributed by atoms with van der Waals surface area (Å²) in [5.74, 6) is -0.270. The summed E-state index contributed by atoms with van der Waals surface area (Å²) < 4.78 is 0.974. The van der Waals surface area contributed by atoms with Crippen LogP contribution in [0.4, 0.5) is 0 Å². The fourth-order valence-corrected chi connectivity index (χ4v) is 2.04. The summed E-state index contributed by atoms with van der Waals surface area (Å²) in [5.41, 5.74) is 0.795. The van der Waals surface area contributed by atoms with E-state index < -0.39 is 0 Å². The molecule has 1 amide bonds. The monoisotopic (exact) mass is 245 g/mol. The van der Waals surface area contributed by atoms with Gasteiger partial charge in [0.2, 0.25) is 5.91 Å². The Hall–Kier alpha value is -0.640. The quantitative estimate of drug-likeness (QED) is 0.767. The first-order valence-electron chi connectivity index (χ1n) is 4.26. The van der Waals surface area contributed by atoms with E-state index in [-0.39, 0.29) is 18.1 Å². The largest absolute Gasteiger partial charge is 0.359 e. The summed E-state index contributed by atoms with van der Waals surface area (Å²) in [6, 6.07) is 0. The van der Waals surface area contributed by atoms with Crippen molar-refractivity contribution in [3.63, 3.8) is 0 Å². The zero-order valence-electron chi connectivity index (χ0n) is 7.52. The number of nitrogens with one attached hydrogen (secondary N) is 1. The van der Waals surface area contributed by atoms with E-state index in [0.717, 1.165) is 29.3 Å². The van der Waals surface area contributed by atoms with Gasteiger partial charge < -0.3 is 5.32 Å². The number of carbonyl (C=O) groups is 2. The third-order valence-corrected chi connectivity index (χ3v) is 2.96. The normalized spacial score (nSPS) is 16.2. The number of carbonyl (C=O) groups excluding carboxylic acids is 2. The molecule has 0 aromatic rings. The van der Waals surface area contributed by atoms with Crippen LogP contribution in [-0.4, -0.2) is 18.7 Å². The molecular formula is C9H12BrNO2. The van der Waals surface area contributed by atoms with Crippen LogP contribution in [0.5, 0.6) is 0 Å². The summed E-state index contributed by atoms with van der Waals surface area (Å²) in [6.07, 6.45) is 2.71. The van der Waals surface area contributed by atoms with Crippen molar-refractivity contribution >= 4 is 27.6 Å². The highest BCUT2D eigenvalue weighted by atomic mass is 79.9. The standard InChI is InChI=1S/C9H12BrNO2/c1-11-9(13)5-8(12)6-3-2-4-7(6)10/h2-5H2,1H3,(H,11,13). The van der Waals surface area contributed by atoms with Crippen molar-refractivity contribution in [1.29, 1.82) is 0 Å². The van der Waals surface area contributed by atoms with E-state index >= 15 is 0 Å². The fraction of sp³-hybridized carbons (Fsp3) is 0.556. The second-order valence-corrected chi connectivity index (χ2v) is 3.97. The van der Waals surface area contributed by atoms with Gasteiger partial charge in [-0.15, -0.1) is 0 Å². The van der Waals surface area contributed by atoms with Gasteiger partial charge in [0.1, 0.15) is 0 Å². The zero-order valence-corrected chi connectivity index (χ0v) is 9.11. The molecule has 3 nitrogen and oxygen atoms in total. The van der Waals surface area contributed by atoms with Crippen LogP contribution in [0, 0.1) is 0 Å². The molecule has 0 fully saturated rings. The Balaban J connectivity index is 2.58. The van der Waals surface area contributed by atoms with Crippen molar-refractivity contribution in [2.45, 2.75) is 25.7 Å². The van der Waals surface area contributed by atoms with Gasteiger partial charge in [-0.25, -0.2) is 0 Å². The SMILES string of the molecule is CNC(=O)CC(=O)C1=C(Br)CCC1. The molecule has 13 heavy (non-hydrogen) atoms. The minimum Gasteiger partial charge on any atom is -0.359 e. The number of allylic oxidation sites excluding steroid dienone is 2. The number of amides is 1. The second kappa shape index (κ2) is 4.56. The summed E-state index contributed by atoms with van der Waals surface area (Å²) in [4.78, 5) is 22.4. The van der Waals surface area contributed by atoms with Crippen LogP contribution in [0.2, 0.25) is 0 Å². The maximum Gasteiger partial charge on any atom is 0.227 e. The van der Waals surface area contributed by atoms with Crippen LogP contribution in [0.25, 0.3) is 0 Å². The first-order valence-corrected chi connectivity index (χ1v) is 5.05. The molecule has 1 N–H and O–H groups in total. The van der Waals surface area contributed by atoms with Crippen molar-refractivity contribution in [2.24, 2.45) is 0 Å². The molecule has 0 atom stereocenters.